The van der Waals surface area contributed by atoms with Crippen molar-refractivity contribution in [3.05, 3.63) is 18.5 Å². The van der Waals surface area contributed by atoms with Crippen LogP contribution in [0.4, 0.5) is 5.82 Å². The normalized spacial score (nSPS) is 15.8. The Balaban J connectivity index is 0.000000408. The number of hydrogen-bond acceptors (Lipinski definition) is 4. The molecular weight excluding hydrogens is 244 g/mol. The van der Waals surface area contributed by atoms with E-state index in [0.29, 0.717) is 6.04 Å². The van der Waals surface area contributed by atoms with E-state index >= 15 is 0 Å². The third kappa shape index (κ3) is 2.83. The SMILES string of the molecule is Nc1cc2nccnc2n1C1CCCCC1.O=CO. The molecule has 1 saturated carbocycles. The highest BCUT2D eigenvalue weighted by molar-refractivity contribution is 5.76. The summed E-state index contributed by atoms with van der Waals surface area (Å²) < 4.78 is 2.17. The van der Waals surface area contributed by atoms with E-state index in [4.69, 9.17) is 15.6 Å². The van der Waals surface area contributed by atoms with E-state index in [2.05, 4.69) is 14.5 Å². The summed E-state index contributed by atoms with van der Waals surface area (Å²) in [6.45, 7) is -0.250. The van der Waals surface area contributed by atoms with E-state index in [1.165, 1.54) is 32.1 Å². The molecule has 2 aromatic rings. The minimum atomic E-state index is -0.250. The molecule has 0 aliphatic heterocycles. The fraction of sp³-hybridized carbons (Fsp3) is 0.462. The Kier molecular flexibility index (Phi) is 4.33. The van der Waals surface area contributed by atoms with E-state index in [-0.39, 0.29) is 6.47 Å². The third-order valence-electron chi connectivity index (χ3n) is 3.44. The number of nitrogens with two attached hydrogens (primary N) is 1. The molecule has 0 bridgehead atoms. The predicted octanol–water partition coefficient (Wildman–Crippen LogP) is 2.22. The Morgan fingerprint density at radius 1 is 1.26 bits per heavy atom. The smallest absolute Gasteiger partial charge is 0.290 e. The van der Waals surface area contributed by atoms with Gasteiger partial charge in [0.25, 0.3) is 6.47 Å². The molecule has 0 aromatic carbocycles. The lowest BCUT2D eigenvalue weighted by molar-refractivity contribution is -0.122. The van der Waals surface area contributed by atoms with Gasteiger partial charge >= 0.3 is 0 Å². The summed E-state index contributed by atoms with van der Waals surface area (Å²) >= 11 is 0. The minimum Gasteiger partial charge on any atom is -0.483 e. The van der Waals surface area contributed by atoms with E-state index in [1.54, 1.807) is 12.4 Å². The van der Waals surface area contributed by atoms with E-state index in [1.807, 2.05) is 6.07 Å². The van der Waals surface area contributed by atoms with Gasteiger partial charge in [-0.15, -0.1) is 0 Å². The second-order valence-electron chi connectivity index (χ2n) is 4.60. The summed E-state index contributed by atoms with van der Waals surface area (Å²) in [6.07, 6.45) is 9.82. The second kappa shape index (κ2) is 6.17. The molecule has 0 radical (unpaired) electrons. The molecule has 102 valence electrons. The molecule has 0 amide bonds. The minimum absolute atomic E-state index is 0.250. The molecule has 1 aliphatic rings. The van der Waals surface area contributed by atoms with Crippen LogP contribution in [0.15, 0.2) is 18.5 Å². The predicted molar refractivity (Wildman–Crippen MR) is 72.8 cm³/mol. The van der Waals surface area contributed by atoms with Crippen molar-refractivity contribution in [2.75, 3.05) is 5.73 Å². The maximum Gasteiger partial charge on any atom is 0.290 e. The van der Waals surface area contributed by atoms with Gasteiger partial charge in [-0.1, -0.05) is 19.3 Å². The Morgan fingerprint density at radius 3 is 2.58 bits per heavy atom. The first-order valence-electron chi connectivity index (χ1n) is 6.43. The van der Waals surface area contributed by atoms with Crippen LogP contribution in [0.25, 0.3) is 11.2 Å². The molecule has 0 atom stereocenters. The molecule has 3 rings (SSSR count). The maximum atomic E-state index is 8.36. The summed E-state index contributed by atoms with van der Waals surface area (Å²) in [6, 6.07) is 2.44. The van der Waals surface area contributed by atoms with Crippen LogP contribution in [-0.2, 0) is 4.79 Å². The molecule has 2 heterocycles. The molecule has 0 saturated heterocycles. The van der Waals surface area contributed by atoms with Gasteiger partial charge in [0.05, 0.1) is 0 Å². The van der Waals surface area contributed by atoms with Gasteiger partial charge in [-0.2, -0.15) is 0 Å². The Morgan fingerprint density at radius 2 is 1.89 bits per heavy atom. The van der Waals surface area contributed by atoms with Crippen molar-refractivity contribution in [1.29, 1.82) is 0 Å². The van der Waals surface area contributed by atoms with Crippen molar-refractivity contribution in [3.8, 4) is 0 Å². The van der Waals surface area contributed by atoms with Crippen LogP contribution in [0.5, 0.6) is 0 Å². The number of anilines is 1. The Labute approximate surface area is 111 Å². The van der Waals surface area contributed by atoms with Gasteiger partial charge < -0.3 is 15.4 Å². The zero-order valence-electron chi connectivity index (χ0n) is 10.7. The van der Waals surface area contributed by atoms with Gasteiger partial charge in [-0.05, 0) is 12.8 Å². The molecule has 1 aliphatic carbocycles. The first-order valence-corrected chi connectivity index (χ1v) is 6.43. The molecule has 2 aromatic heterocycles. The van der Waals surface area contributed by atoms with E-state index in [0.717, 1.165) is 17.0 Å². The van der Waals surface area contributed by atoms with E-state index < -0.39 is 0 Å². The van der Waals surface area contributed by atoms with Crippen molar-refractivity contribution in [3.63, 3.8) is 0 Å². The van der Waals surface area contributed by atoms with Crippen molar-refractivity contribution >= 4 is 23.5 Å². The molecule has 3 N–H and O–H groups in total. The van der Waals surface area contributed by atoms with E-state index in [9.17, 15) is 0 Å². The number of carbonyl (C=O) groups is 1. The first kappa shape index (κ1) is 13.3. The largest absolute Gasteiger partial charge is 0.483 e. The summed E-state index contributed by atoms with van der Waals surface area (Å²) in [5.41, 5.74) is 7.91. The van der Waals surface area contributed by atoms with Crippen LogP contribution in [0.1, 0.15) is 38.1 Å². The molecule has 0 spiro atoms. The summed E-state index contributed by atoms with van der Waals surface area (Å²) in [4.78, 5) is 17.1. The second-order valence-corrected chi connectivity index (χ2v) is 4.60. The number of hydrogen-bond donors (Lipinski definition) is 2. The van der Waals surface area contributed by atoms with Gasteiger partial charge in [-0.25, -0.2) is 4.98 Å². The van der Waals surface area contributed by atoms with Gasteiger partial charge in [0.2, 0.25) is 0 Å². The van der Waals surface area contributed by atoms with Gasteiger partial charge in [0.15, 0.2) is 5.65 Å². The lowest BCUT2D eigenvalue weighted by atomic mass is 9.95. The standard InChI is InChI=1S/C12H16N4.CH2O2/c13-11-8-10-12(15-7-6-14-10)16(11)9-4-2-1-3-5-9;2-1-3/h6-9H,1-5,13H2;1H,(H,2,3). The number of fused-ring (bicyclic) bond motifs is 1. The molecule has 6 nitrogen and oxygen atoms in total. The summed E-state index contributed by atoms with van der Waals surface area (Å²) in [5, 5.41) is 6.89. The van der Waals surface area contributed by atoms with Crippen LogP contribution in [0.3, 0.4) is 0 Å². The highest BCUT2D eigenvalue weighted by Gasteiger charge is 2.19. The number of rotatable bonds is 1. The van der Waals surface area contributed by atoms with Gasteiger partial charge in [0, 0.05) is 24.5 Å². The molecule has 6 heteroatoms. The van der Waals surface area contributed by atoms with Crippen LogP contribution >= 0.6 is 0 Å². The number of nitrogen functional groups attached to an aromatic ring is 1. The molecule has 19 heavy (non-hydrogen) atoms. The van der Waals surface area contributed by atoms with Crippen molar-refractivity contribution in [2.24, 2.45) is 0 Å². The lowest BCUT2D eigenvalue weighted by Crippen LogP contribution is -2.15. The van der Waals surface area contributed by atoms with Crippen LogP contribution in [0, 0.1) is 0 Å². The number of nitrogens with zero attached hydrogens (tertiary/aromatic N) is 3. The first-order chi connectivity index (χ1) is 9.27. The molecule has 1 fully saturated rings. The van der Waals surface area contributed by atoms with Crippen LogP contribution in [-0.4, -0.2) is 26.1 Å². The quantitative estimate of drug-likeness (QED) is 0.768. The summed E-state index contributed by atoms with van der Waals surface area (Å²) in [7, 11) is 0. The lowest BCUT2D eigenvalue weighted by Gasteiger charge is -2.24. The molecular formula is C13H18N4O2. The number of carboxylic acid groups (broad SMARTS) is 1. The van der Waals surface area contributed by atoms with Gasteiger partial charge in [0.1, 0.15) is 11.3 Å². The van der Waals surface area contributed by atoms with Crippen molar-refractivity contribution in [2.45, 2.75) is 38.1 Å². The topological polar surface area (TPSA) is 94.0 Å². The van der Waals surface area contributed by atoms with Gasteiger partial charge in [-0.3, -0.25) is 9.78 Å². The Bertz CT molecular complexity index is 547. The fourth-order valence-electron chi connectivity index (χ4n) is 2.68. The average molecular weight is 262 g/mol. The zero-order chi connectivity index (χ0) is 13.7. The highest BCUT2D eigenvalue weighted by atomic mass is 16.3. The van der Waals surface area contributed by atoms with Crippen molar-refractivity contribution in [1.82, 2.24) is 14.5 Å². The van der Waals surface area contributed by atoms with Crippen molar-refractivity contribution < 1.29 is 9.90 Å². The van der Waals surface area contributed by atoms with Crippen LogP contribution < -0.4 is 5.73 Å². The van der Waals surface area contributed by atoms with Crippen LogP contribution in [0.2, 0.25) is 0 Å². The monoisotopic (exact) mass is 262 g/mol. The fourth-order valence-corrected chi connectivity index (χ4v) is 2.68. The molecule has 0 unspecified atom stereocenters. The maximum absolute atomic E-state index is 8.36. The average Bonchev–Trinajstić information content (AvgIpc) is 2.76. The summed E-state index contributed by atoms with van der Waals surface area (Å²) in [5.74, 6) is 0.799. The Hall–Kier alpha value is -2.11. The number of aromatic nitrogens is 3. The zero-order valence-corrected chi connectivity index (χ0v) is 10.7. The highest BCUT2D eigenvalue weighted by Crippen LogP contribution is 2.33. The third-order valence-corrected chi connectivity index (χ3v) is 3.44.